The predicted octanol–water partition coefficient (Wildman–Crippen LogP) is 1.65. The number of carbonyl (C=O) groups is 1. The summed E-state index contributed by atoms with van der Waals surface area (Å²) in [6.45, 7) is 3.75. The van der Waals surface area contributed by atoms with Crippen molar-refractivity contribution in [2.24, 2.45) is 12.5 Å². The number of rotatable bonds is 5. The van der Waals surface area contributed by atoms with Crippen LogP contribution in [0.3, 0.4) is 0 Å². The fourth-order valence-electron chi connectivity index (χ4n) is 3.31. The SMILES string of the molecule is Cc1nc(-c2ccc(C(=O)N(C)CC3(CO)CCOCC3)cc2)nn1C. The van der Waals surface area contributed by atoms with Gasteiger partial charge in [0.1, 0.15) is 5.82 Å². The van der Waals surface area contributed by atoms with Gasteiger partial charge in [-0.2, -0.15) is 5.10 Å². The molecule has 2 aromatic rings. The Labute approximate surface area is 153 Å². The summed E-state index contributed by atoms with van der Waals surface area (Å²) in [6.07, 6.45) is 1.54. The van der Waals surface area contributed by atoms with E-state index in [4.69, 9.17) is 4.74 Å². The van der Waals surface area contributed by atoms with Crippen molar-refractivity contribution < 1.29 is 14.6 Å². The Kier molecular flexibility index (Phi) is 5.38. The van der Waals surface area contributed by atoms with Crippen molar-refractivity contribution in [2.75, 3.05) is 33.4 Å². The van der Waals surface area contributed by atoms with Gasteiger partial charge >= 0.3 is 0 Å². The molecule has 0 aliphatic carbocycles. The number of amides is 1. The van der Waals surface area contributed by atoms with Crippen molar-refractivity contribution in [1.82, 2.24) is 19.7 Å². The average Bonchev–Trinajstić information content (AvgIpc) is 3.00. The number of aliphatic hydroxyl groups excluding tert-OH is 1. The summed E-state index contributed by atoms with van der Waals surface area (Å²) in [5.41, 5.74) is 1.23. The first kappa shape index (κ1) is 18.5. The summed E-state index contributed by atoms with van der Waals surface area (Å²) in [7, 11) is 3.64. The first-order valence-corrected chi connectivity index (χ1v) is 8.86. The fraction of sp³-hybridized carbons (Fsp3) is 0.526. The quantitative estimate of drug-likeness (QED) is 0.879. The zero-order valence-electron chi connectivity index (χ0n) is 15.6. The molecule has 2 heterocycles. The third kappa shape index (κ3) is 3.78. The lowest BCUT2D eigenvalue weighted by Gasteiger charge is -2.38. The molecule has 3 rings (SSSR count). The van der Waals surface area contributed by atoms with E-state index in [-0.39, 0.29) is 17.9 Å². The van der Waals surface area contributed by atoms with Crippen LogP contribution < -0.4 is 0 Å². The van der Waals surface area contributed by atoms with Gasteiger partial charge in [0, 0.05) is 50.4 Å². The first-order valence-electron chi connectivity index (χ1n) is 8.86. The maximum atomic E-state index is 12.8. The molecule has 7 heteroatoms. The van der Waals surface area contributed by atoms with Gasteiger partial charge in [-0.3, -0.25) is 9.48 Å². The Morgan fingerprint density at radius 3 is 2.50 bits per heavy atom. The highest BCUT2D eigenvalue weighted by molar-refractivity contribution is 5.94. The highest BCUT2D eigenvalue weighted by Crippen LogP contribution is 2.31. The molecule has 0 saturated carbocycles. The van der Waals surface area contributed by atoms with E-state index in [9.17, 15) is 9.90 Å². The lowest BCUT2D eigenvalue weighted by atomic mass is 9.80. The van der Waals surface area contributed by atoms with E-state index < -0.39 is 0 Å². The van der Waals surface area contributed by atoms with Gasteiger partial charge in [0.2, 0.25) is 0 Å². The van der Waals surface area contributed by atoms with Gasteiger partial charge in [-0.1, -0.05) is 12.1 Å². The van der Waals surface area contributed by atoms with Crippen LogP contribution in [0.15, 0.2) is 24.3 Å². The maximum absolute atomic E-state index is 12.8. The molecule has 0 unspecified atom stereocenters. The van der Waals surface area contributed by atoms with E-state index in [1.54, 1.807) is 28.8 Å². The van der Waals surface area contributed by atoms with Crippen LogP contribution in [0.5, 0.6) is 0 Å². The number of nitrogens with zero attached hydrogens (tertiary/aromatic N) is 4. The Balaban J connectivity index is 1.70. The lowest BCUT2D eigenvalue weighted by Crippen LogP contribution is -2.44. The number of carbonyl (C=O) groups excluding carboxylic acids is 1. The van der Waals surface area contributed by atoms with E-state index in [1.807, 2.05) is 26.1 Å². The molecule has 0 atom stereocenters. The zero-order valence-corrected chi connectivity index (χ0v) is 15.6. The minimum atomic E-state index is -0.266. The molecule has 1 aromatic carbocycles. The summed E-state index contributed by atoms with van der Waals surface area (Å²) in [4.78, 5) is 18.9. The van der Waals surface area contributed by atoms with Crippen LogP contribution >= 0.6 is 0 Å². The number of hydrogen-bond donors (Lipinski definition) is 1. The van der Waals surface area contributed by atoms with E-state index in [0.717, 1.165) is 24.2 Å². The van der Waals surface area contributed by atoms with Gasteiger partial charge in [-0.15, -0.1) is 0 Å². The smallest absolute Gasteiger partial charge is 0.253 e. The lowest BCUT2D eigenvalue weighted by molar-refractivity contribution is -0.0282. The minimum Gasteiger partial charge on any atom is -0.396 e. The topological polar surface area (TPSA) is 80.5 Å². The van der Waals surface area contributed by atoms with Crippen LogP contribution in [0.25, 0.3) is 11.4 Å². The number of aliphatic hydroxyl groups is 1. The third-order valence-corrected chi connectivity index (χ3v) is 5.18. The van der Waals surface area contributed by atoms with Crippen LogP contribution in [-0.4, -0.2) is 64.1 Å². The zero-order chi connectivity index (χ0) is 18.7. The molecular formula is C19H26N4O3. The van der Waals surface area contributed by atoms with Crippen molar-refractivity contribution in [2.45, 2.75) is 19.8 Å². The van der Waals surface area contributed by atoms with Crippen molar-refractivity contribution in [3.8, 4) is 11.4 Å². The van der Waals surface area contributed by atoms with E-state index >= 15 is 0 Å². The molecule has 1 aromatic heterocycles. The van der Waals surface area contributed by atoms with Crippen LogP contribution in [0.2, 0.25) is 0 Å². The van der Waals surface area contributed by atoms with Crippen LogP contribution in [0.1, 0.15) is 29.0 Å². The second-order valence-corrected chi connectivity index (χ2v) is 7.12. The first-order chi connectivity index (χ1) is 12.4. The van der Waals surface area contributed by atoms with E-state index in [1.165, 1.54) is 0 Å². The van der Waals surface area contributed by atoms with Gasteiger partial charge in [0.15, 0.2) is 5.82 Å². The van der Waals surface area contributed by atoms with E-state index in [2.05, 4.69) is 10.1 Å². The summed E-state index contributed by atoms with van der Waals surface area (Å²) >= 11 is 0. The highest BCUT2D eigenvalue weighted by atomic mass is 16.5. The summed E-state index contributed by atoms with van der Waals surface area (Å²) in [6, 6.07) is 7.34. The molecule has 1 fully saturated rings. The van der Waals surface area contributed by atoms with Crippen molar-refractivity contribution in [1.29, 1.82) is 0 Å². The summed E-state index contributed by atoms with van der Waals surface area (Å²) in [5.74, 6) is 1.44. The highest BCUT2D eigenvalue weighted by Gasteiger charge is 2.34. The molecular weight excluding hydrogens is 332 g/mol. The second kappa shape index (κ2) is 7.55. The second-order valence-electron chi connectivity index (χ2n) is 7.12. The van der Waals surface area contributed by atoms with Gasteiger partial charge in [0.25, 0.3) is 5.91 Å². The summed E-state index contributed by atoms with van der Waals surface area (Å²) < 4.78 is 7.12. The van der Waals surface area contributed by atoms with Gasteiger partial charge in [0.05, 0.1) is 6.61 Å². The normalized spacial score (nSPS) is 16.5. The molecule has 0 spiro atoms. The Bertz CT molecular complexity index is 744. The van der Waals surface area contributed by atoms with Crippen molar-refractivity contribution >= 4 is 5.91 Å². The molecule has 1 aliphatic rings. The van der Waals surface area contributed by atoms with Crippen molar-refractivity contribution in [3.05, 3.63) is 35.7 Å². The molecule has 0 bridgehead atoms. The molecule has 0 radical (unpaired) electrons. The largest absolute Gasteiger partial charge is 0.396 e. The molecule has 26 heavy (non-hydrogen) atoms. The van der Waals surface area contributed by atoms with Crippen LogP contribution in [0, 0.1) is 12.3 Å². The van der Waals surface area contributed by atoms with Gasteiger partial charge < -0.3 is 14.7 Å². The van der Waals surface area contributed by atoms with Crippen LogP contribution in [-0.2, 0) is 11.8 Å². The van der Waals surface area contributed by atoms with E-state index in [0.29, 0.717) is 31.1 Å². The monoisotopic (exact) mass is 358 g/mol. The van der Waals surface area contributed by atoms with Crippen molar-refractivity contribution in [3.63, 3.8) is 0 Å². The van der Waals surface area contributed by atoms with Gasteiger partial charge in [-0.05, 0) is 31.9 Å². The Morgan fingerprint density at radius 2 is 1.96 bits per heavy atom. The Morgan fingerprint density at radius 1 is 1.31 bits per heavy atom. The standard InChI is InChI=1S/C19H26N4O3/c1-14-20-17(21-23(14)3)15-4-6-16(7-5-15)18(25)22(2)12-19(13-24)8-10-26-11-9-19/h4-7,24H,8-13H2,1-3H3. The minimum absolute atomic E-state index is 0.0546. The van der Waals surface area contributed by atoms with Gasteiger partial charge in [-0.25, -0.2) is 4.98 Å². The average molecular weight is 358 g/mol. The summed E-state index contributed by atoms with van der Waals surface area (Å²) in [5, 5.41) is 14.2. The molecule has 1 saturated heterocycles. The number of hydrogen-bond acceptors (Lipinski definition) is 5. The molecule has 140 valence electrons. The number of aryl methyl sites for hydroxylation is 2. The number of ether oxygens (including phenoxy) is 1. The fourth-order valence-corrected chi connectivity index (χ4v) is 3.31. The maximum Gasteiger partial charge on any atom is 0.253 e. The number of aromatic nitrogens is 3. The van der Waals surface area contributed by atoms with Crippen LogP contribution in [0.4, 0.5) is 0 Å². The Hall–Kier alpha value is -2.25. The molecule has 1 amide bonds. The third-order valence-electron chi connectivity index (χ3n) is 5.18. The molecule has 1 N–H and O–H groups in total. The number of benzene rings is 1. The molecule has 1 aliphatic heterocycles. The molecule has 7 nitrogen and oxygen atoms in total. The predicted molar refractivity (Wildman–Crippen MR) is 97.7 cm³/mol.